The molecule has 1 rings (SSSR count). The van der Waals surface area contributed by atoms with Gasteiger partial charge in [0, 0.05) is 4.90 Å². The van der Waals surface area contributed by atoms with Crippen LogP contribution in [-0.4, -0.2) is 12.6 Å². The van der Waals surface area contributed by atoms with Gasteiger partial charge in [0.25, 0.3) is 0 Å². The second-order valence-electron chi connectivity index (χ2n) is 2.66. The van der Waals surface area contributed by atoms with E-state index in [1.54, 1.807) is 6.07 Å². The van der Waals surface area contributed by atoms with E-state index in [4.69, 9.17) is 22.4 Å². The van der Waals surface area contributed by atoms with Crippen molar-refractivity contribution >= 4 is 35.9 Å². The van der Waals surface area contributed by atoms with E-state index in [0.717, 1.165) is 0 Å². The molecule has 0 saturated heterocycles. The first-order valence-electron chi connectivity index (χ1n) is 5.01. The Kier molecular flexibility index (Phi) is 13.3. The molecule has 0 heterocycles. The molecule has 5 nitrogen and oxygen atoms in total. The summed E-state index contributed by atoms with van der Waals surface area (Å²) >= 11 is 9.73. The van der Waals surface area contributed by atoms with Crippen LogP contribution in [0.3, 0.4) is 0 Å². The van der Waals surface area contributed by atoms with E-state index in [2.05, 4.69) is 22.5 Å². The average Bonchev–Trinajstić information content (AvgIpc) is 2.38. The van der Waals surface area contributed by atoms with Gasteiger partial charge in [-0.3, -0.25) is 0 Å². The Labute approximate surface area is 165 Å². The number of nitrogens with zero attached hydrogens (tertiary/aromatic N) is 3. The maximum absolute atomic E-state index is 11.3. The van der Waals surface area contributed by atoms with Crippen molar-refractivity contribution in [3.63, 3.8) is 0 Å². The minimum absolute atomic E-state index is 0. The molecule has 96 valence electrons. The third-order valence-corrected chi connectivity index (χ3v) is 2.28. The maximum atomic E-state index is 11.3. The van der Waals surface area contributed by atoms with Crippen LogP contribution in [0.2, 0.25) is 5.02 Å². The summed E-state index contributed by atoms with van der Waals surface area (Å²) in [6.45, 7) is 3.66. The van der Waals surface area contributed by atoms with E-state index in [1.807, 2.05) is 13.8 Å². The first kappa shape index (κ1) is 21.4. The maximum Gasteiger partial charge on any atom is 1.00 e. The summed E-state index contributed by atoms with van der Waals surface area (Å²) in [4.78, 5) is 11.6. The van der Waals surface area contributed by atoms with Gasteiger partial charge in [-0.1, -0.05) is 25.4 Å². The van der Waals surface area contributed by atoms with Gasteiger partial charge < -0.3 is 15.4 Å². The predicted molar refractivity (Wildman–Crippen MR) is 71.4 cm³/mol. The molecule has 0 aliphatic rings. The van der Waals surface area contributed by atoms with E-state index in [-0.39, 0.29) is 79.2 Å². The summed E-state index contributed by atoms with van der Waals surface area (Å²) in [5.41, 5.74) is 8.81. The number of carbonyl (C=O) groups excluding carboxylic acids is 1. The number of carbonyl (C=O) groups is 1. The van der Waals surface area contributed by atoms with Crippen LogP contribution in [0.15, 0.2) is 22.1 Å². The molecule has 0 aliphatic heterocycles. The Morgan fingerprint density at radius 3 is 2.58 bits per heavy atom. The SMILES string of the molecule is CC.N#CCOC(=O)c1cc(S)c(N=[N-])c(Cl)c1.[K+]. The average molecular weight is 324 g/mol. The van der Waals surface area contributed by atoms with Gasteiger partial charge >= 0.3 is 57.4 Å². The molecular weight excluding hydrogens is 313 g/mol. The molecule has 19 heavy (non-hydrogen) atoms. The Morgan fingerprint density at radius 1 is 1.58 bits per heavy atom. The number of rotatable bonds is 3. The minimum atomic E-state index is -0.691. The second-order valence-corrected chi connectivity index (χ2v) is 3.55. The zero-order valence-electron chi connectivity index (χ0n) is 10.8. The summed E-state index contributed by atoms with van der Waals surface area (Å²) in [5.74, 6) is -0.691. The number of halogens is 1. The van der Waals surface area contributed by atoms with Crippen LogP contribution in [0, 0.1) is 11.3 Å². The van der Waals surface area contributed by atoms with Gasteiger partial charge in [-0.15, -0.1) is 12.6 Å². The molecule has 0 radical (unpaired) electrons. The van der Waals surface area contributed by atoms with Crippen LogP contribution in [-0.2, 0) is 4.74 Å². The Bertz CT molecular complexity index is 468. The quantitative estimate of drug-likeness (QED) is 0.389. The number of hydrogen-bond acceptors (Lipinski definition) is 5. The fourth-order valence-electron chi connectivity index (χ4n) is 0.983. The van der Waals surface area contributed by atoms with Gasteiger partial charge in [0.05, 0.1) is 16.3 Å². The van der Waals surface area contributed by atoms with Gasteiger partial charge in [-0.2, -0.15) is 5.26 Å². The summed E-state index contributed by atoms with van der Waals surface area (Å²) in [6, 6.07) is 4.28. The fraction of sp³-hybridized carbons (Fsp3) is 0.273. The van der Waals surface area contributed by atoms with Crippen molar-refractivity contribution in [2.24, 2.45) is 5.11 Å². The van der Waals surface area contributed by atoms with Crippen LogP contribution in [0.4, 0.5) is 5.69 Å². The standard InChI is InChI=1S/C9H5ClN3O2S.C2H6.K/c10-6-3-5(9(14)15-2-1-11)4-7(16)8(6)13-12;1-2;/h3-4,16H,2H2;1-2H3;/q-1;;+1. The van der Waals surface area contributed by atoms with Crippen molar-refractivity contribution in [1.82, 2.24) is 0 Å². The van der Waals surface area contributed by atoms with Gasteiger partial charge in [0.15, 0.2) is 6.61 Å². The molecule has 1 aromatic rings. The van der Waals surface area contributed by atoms with Crippen molar-refractivity contribution in [2.75, 3.05) is 6.61 Å². The normalized spacial score (nSPS) is 8.16. The molecule has 1 aromatic carbocycles. The van der Waals surface area contributed by atoms with Crippen LogP contribution >= 0.6 is 24.2 Å². The van der Waals surface area contributed by atoms with Crippen LogP contribution in [0.25, 0.3) is 5.53 Å². The molecule has 0 bridgehead atoms. The second kappa shape index (κ2) is 11.8. The number of thiol groups is 1. The van der Waals surface area contributed by atoms with Crippen LogP contribution < -0.4 is 51.4 Å². The summed E-state index contributed by atoms with van der Waals surface area (Å²) in [5, 5.41) is 11.2. The van der Waals surface area contributed by atoms with E-state index in [9.17, 15) is 4.79 Å². The smallest absolute Gasteiger partial charge is 0.706 e. The summed E-state index contributed by atoms with van der Waals surface area (Å²) in [6.07, 6.45) is 0. The first-order valence-corrected chi connectivity index (χ1v) is 5.84. The predicted octanol–water partition coefficient (Wildman–Crippen LogP) is 0.992. The molecule has 0 aromatic heterocycles. The Morgan fingerprint density at radius 2 is 2.16 bits per heavy atom. The molecule has 0 amide bonds. The summed E-state index contributed by atoms with van der Waals surface area (Å²) in [7, 11) is 0. The van der Waals surface area contributed by atoms with E-state index < -0.39 is 5.97 Å². The van der Waals surface area contributed by atoms with Crippen molar-refractivity contribution in [3.8, 4) is 6.07 Å². The zero-order valence-corrected chi connectivity index (χ0v) is 15.6. The number of nitriles is 1. The van der Waals surface area contributed by atoms with Gasteiger partial charge in [-0.05, 0) is 12.1 Å². The molecule has 0 saturated carbocycles. The van der Waals surface area contributed by atoms with Gasteiger partial charge in [0.2, 0.25) is 0 Å². The molecule has 0 N–H and O–H groups in total. The number of hydrogen-bond donors (Lipinski definition) is 1. The summed E-state index contributed by atoms with van der Waals surface area (Å²) < 4.78 is 4.57. The molecule has 0 unspecified atom stereocenters. The minimum Gasteiger partial charge on any atom is -0.706 e. The van der Waals surface area contributed by atoms with Gasteiger partial charge in [0.1, 0.15) is 6.07 Å². The fourth-order valence-corrected chi connectivity index (χ4v) is 1.61. The number of benzene rings is 1. The molecule has 0 atom stereocenters. The molecule has 8 heteroatoms. The molecular formula is C11H11ClKN3O2S. The van der Waals surface area contributed by atoms with E-state index >= 15 is 0 Å². The molecule has 0 spiro atoms. The van der Waals surface area contributed by atoms with Crippen molar-refractivity contribution in [2.45, 2.75) is 18.7 Å². The van der Waals surface area contributed by atoms with E-state index in [1.165, 1.54) is 12.1 Å². The van der Waals surface area contributed by atoms with Crippen molar-refractivity contribution in [1.29, 1.82) is 5.26 Å². The third kappa shape index (κ3) is 6.86. The largest absolute Gasteiger partial charge is 1.00 e. The van der Waals surface area contributed by atoms with Crippen LogP contribution in [0.5, 0.6) is 0 Å². The Hall–Kier alpha value is 0.0564. The first-order chi connectivity index (χ1) is 8.60. The molecule has 0 aliphatic carbocycles. The van der Waals surface area contributed by atoms with Crippen molar-refractivity contribution < 1.29 is 60.9 Å². The number of ether oxygens (including phenoxy) is 1. The Balaban J connectivity index is 0. The molecule has 0 fully saturated rings. The van der Waals surface area contributed by atoms with Crippen molar-refractivity contribution in [3.05, 3.63) is 28.2 Å². The van der Waals surface area contributed by atoms with Crippen LogP contribution in [0.1, 0.15) is 24.2 Å². The topological polar surface area (TPSA) is 84.8 Å². The van der Waals surface area contributed by atoms with Gasteiger partial charge in [-0.25, -0.2) is 4.79 Å². The third-order valence-electron chi connectivity index (χ3n) is 1.65. The number of esters is 1. The monoisotopic (exact) mass is 323 g/mol. The van der Waals surface area contributed by atoms with E-state index in [0.29, 0.717) is 0 Å². The zero-order chi connectivity index (χ0) is 14.1.